The molecule has 4 aromatic rings. The lowest BCUT2D eigenvalue weighted by molar-refractivity contribution is 1.02. The number of rotatable bonds is 4. The third-order valence-electron chi connectivity index (χ3n) is 3.87. The van der Waals surface area contributed by atoms with Gasteiger partial charge in [-0.25, -0.2) is 9.97 Å². The molecule has 5 nitrogen and oxygen atoms in total. The van der Waals surface area contributed by atoms with Crippen LogP contribution in [0.3, 0.4) is 0 Å². The van der Waals surface area contributed by atoms with Crippen LogP contribution in [0.4, 0.5) is 0 Å². The third kappa shape index (κ3) is 3.18. The van der Waals surface area contributed by atoms with E-state index in [1.165, 1.54) is 0 Å². The number of aromatic amines is 1. The van der Waals surface area contributed by atoms with Gasteiger partial charge >= 0.3 is 0 Å². The van der Waals surface area contributed by atoms with Crippen LogP contribution in [0.15, 0.2) is 60.5 Å². The van der Waals surface area contributed by atoms with E-state index < -0.39 is 0 Å². The first-order valence-electron chi connectivity index (χ1n) is 7.71. The number of nitrogens with one attached hydrogen (secondary N) is 1. The Hall–Kier alpha value is -3.30. The molecule has 0 radical (unpaired) electrons. The average Bonchev–Trinajstić information content (AvgIpc) is 3.34. The van der Waals surface area contributed by atoms with Gasteiger partial charge in [-0.05, 0) is 23.8 Å². The smallest absolute Gasteiger partial charge is 0.125 e. The largest absolute Gasteiger partial charge is 0.348 e. The van der Waals surface area contributed by atoms with Crippen molar-refractivity contribution in [2.45, 2.75) is 6.42 Å². The molecule has 3 aromatic heterocycles. The van der Waals surface area contributed by atoms with E-state index >= 15 is 0 Å². The molecule has 120 valence electrons. The van der Waals surface area contributed by atoms with Crippen molar-refractivity contribution in [3.63, 3.8) is 0 Å². The minimum atomic E-state index is 0.646. The summed E-state index contributed by atoms with van der Waals surface area (Å²) < 4.78 is 0. The highest BCUT2D eigenvalue weighted by molar-refractivity contribution is 7.13. The minimum Gasteiger partial charge on any atom is -0.348 e. The zero-order valence-electron chi connectivity index (χ0n) is 13.2. The van der Waals surface area contributed by atoms with Crippen molar-refractivity contribution < 1.29 is 0 Å². The molecule has 0 aliphatic carbocycles. The molecule has 0 aliphatic rings. The topological polar surface area (TPSA) is 78.2 Å². The average molecular weight is 343 g/mol. The van der Waals surface area contributed by atoms with Crippen molar-refractivity contribution in [2.24, 2.45) is 0 Å². The van der Waals surface area contributed by atoms with E-state index in [0.717, 1.165) is 33.2 Å². The van der Waals surface area contributed by atoms with Gasteiger partial charge in [0.25, 0.3) is 0 Å². The van der Waals surface area contributed by atoms with Gasteiger partial charge in [0, 0.05) is 47.7 Å². The first-order chi connectivity index (χ1) is 12.3. The standard InChI is InChI=1S/C19H13N5S/c20-10-13-1-3-14(4-2-13)17-12-25-19(24-17)16-11-21-6-5-15(16)9-18-22-7-8-23-18/h1-8,11-12H,9H2,(H,22,23). The zero-order valence-corrected chi connectivity index (χ0v) is 14.0. The second kappa shape index (κ2) is 6.67. The lowest BCUT2D eigenvalue weighted by atomic mass is 10.1. The molecule has 0 spiro atoms. The highest BCUT2D eigenvalue weighted by Gasteiger charge is 2.12. The molecule has 0 bridgehead atoms. The van der Waals surface area contributed by atoms with E-state index in [1.807, 2.05) is 36.0 Å². The Bertz CT molecular complexity index is 1030. The molecular formula is C19H13N5S. The molecule has 0 aliphatic heterocycles. The van der Waals surface area contributed by atoms with Crippen LogP contribution in [0.1, 0.15) is 17.0 Å². The molecule has 0 saturated heterocycles. The quantitative estimate of drug-likeness (QED) is 0.606. The monoisotopic (exact) mass is 343 g/mol. The van der Waals surface area contributed by atoms with Crippen LogP contribution >= 0.6 is 11.3 Å². The molecule has 0 amide bonds. The summed E-state index contributed by atoms with van der Waals surface area (Å²) in [5.74, 6) is 0.913. The number of H-pyrrole nitrogens is 1. The number of hydrogen-bond donors (Lipinski definition) is 1. The van der Waals surface area contributed by atoms with Crippen LogP contribution in [0.25, 0.3) is 21.8 Å². The predicted octanol–water partition coefficient (Wildman–Crippen LogP) is 4.06. The number of nitriles is 1. The lowest BCUT2D eigenvalue weighted by Crippen LogP contribution is -1.95. The van der Waals surface area contributed by atoms with Gasteiger partial charge in [-0.3, -0.25) is 4.98 Å². The van der Waals surface area contributed by atoms with Gasteiger partial charge in [0.05, 0.1) is 17.3 Å². The van der Waals surface area contributed by atoms with E-state index in [0.29, 0.717) is 12.0 Å². The molecule has 0 unspecified atom stereocenters. The maximum absolute atomic E-state index is 8.91. The van der Waals surface area contributed by atoms with E-state index in [2.05, 4.69) is 21.0 Å². The molecule has 0 fully saturated rings. The molecule has 0 atom stereocenters. The summed E-state index contributed by atoms with van der Waals surface area (Å²) in [6.07, 6.45) is 7.92. The van der Waals surface area contributed by atoms with Gasteiger partial charge in [0.2, 0.25) is 0 Å². The first-order valence-corrected chi connectivity index (χ1v) is 8.59. The van der Waals surface area contributed by atoms with Crippen molar-refractivity contribution >= 4 is 11.3 Å². The minimum absolute atomic E-state index is 0.646. The Kier molecular flexibility index (Phi) is 4.07. The molecule has 6 heteroatoms. The van der Waals surface area contributed by atoms with Gasteiger partial charge in [0.1, 0.15) is 10.8 Å². The van der Waals surface area contributed by atoms with Crippen LogP contribution in [-0.4, -0.2) is 19.9 Å². The highest BCUT2D eigenvalue weighted by atomic mass is 32.1. The van der Waals surface area contributed by atoms with Gasteiger partial charge in [-0.1, -0.05) is 12.1 Å². The SMILES string of the molecule is N#Cc1ccc(-c2csc(-c3cnccc3Cc3ncc[nH]3)n2)cc1. The Labute approximate surface area is 148 Å². The Morgan fingerprint density at radius 2 is 2.00 bits per heavy atom. The van der Waals surface area contributed by atoms with Crippen molar-refractivity contribution in [3.05, 3.63) is 77.5 Å². The molecule has 25 heavy (non-hydrogen) atoms. The van der Waals surface area contributed by atoms with Gasteiger partial charge in [-0.2, -0.15) is 5.26 Å². The van der Waals surface area contributed by atoms with Crippen LogP contribution in [-0.2, 0) is 6.42 Å². The van der Waals surface area contributed by atoms with Gasteiger partial charge in [-0.15, -0.1) is 11.3 Å². The fourth-order valence-electron chi connectivity index (χ4n) is 2.59. The summed E-state index contributed by atoms with van der Waals surface area (Å²) in [7, 11) is 0. The summed E-state index contributed by atoms with van der Waals surface area (Å²) in [4.78, 5) is 16.4. The predicted molar refractivity (Wildman–Crippen MR) is 96.9 cm³/mol. The molecule has 1 aromatic carbocycles. The van der Waals surface area contributed by atoms with Crippen LogP contribution < -0.4 is 0 Å². The summed E-state index contributed by atoms with van der Waals surface area (Å²) in [6, 6.07) is 11.6. The second-order valence-corrected chi connectivity index (χ2v) is 6.33. The Balaban J connectivity index is 1.67. The molecule has 1 N–H and O–H groups in total. The van der Waals surface area contributed by atoms with Crippen molar-refractivity contribution in [1.82, 2.24) is 19.9 Å². The number of benzene rings is 1. The zero-order chi connectivity index (χ0) is 17.1. The normalized spacial score (nSPS) is 10.5. The number of imidazole rings is 1. The van der Waals surface area contributed by atoms with Crippen LogP contribution in [0.2, 0.25) is 0 Å². The van der Waals surface area contributed by atoms with E-state index in [1.54, 1.807) is 35.9 Å². The molecule has 4 rings (SSSR count). The fraction of sp³-hybridized carbons (Fsp3) is 0.0526. The summed E-state index contributed by atoms with van der Waals surface area (Å²) in [5, 5.41) is 11.9. The number of nitrogens with zero attached hydrogens (tertiary/aromatic N) is 4. The van der Waals surface area contributed by atoms with Crippen molar-refractivity contribution in [1.29, 1.82) is 5.26 Å². The summed E-state index contributed by atoms with van der Waals surface area (Å²) in [6.45, 7) is 0. The van der Waals surface area contributed by atoms with E-state index in [4.69, 9.17) is 10.2 Å². The Morgan fingerprint density at radius 1 is 1.12 bits per heavy atom. The number of thiazole rings is 1. The molecular weight excluding hydrogens is 330 g/mol. The van der Waals surface area contributed by atoms with Crippen LogP contribution in [0.5, 0.6) is 0 Å². The summed E-state index contributed by atoms with van der Waals surface area (Å²) in [5.41, 5.74) is 4.69. The maximum Gasteiger partial charge on any atom is 0.125 e. The van der Waals surface area contributed by atoms with Gasteiger partial charge < -0.3 is 4.98 Å². The highest BCUT2D eigenvalue weighted by Crippen LogP contribution is 2.31. The van der Waals surface area contributed by atoms with E-state index in [9.17, 15) is 0 Å². The number of aromatic nitrogens is 4. The first kappa shape index (κ1) is 15.2. The molecule has 3 heterocycles. The summed E-state index contributed by atoms with van der Waals surface area (Å²) >= 11 is 1.59. The van der Waals surface area contributed by atoms with E-state index in [-0.39, 0.29) is 0 Å². The van der Waals surface area contributed by atoms with Crippen LogP contribution in [0, 0.1) is 11.3 Å². The number of hydrogen-bond acceptors (Lipinski definition) is 5. The third-order valence-corrected chi connectivity index (χ3v) is 4.74. The molecule has 0 saturated carbocycles. The van der Waals surface area contributed by atoms with Crippen molar-refractivity contribution in [2.75, 3.05) is 0 Å². The maximum atomic E-state index is 8.91. The fourth-order valence-corrected chi connectivity index (χ4v) is 3.46. The Morgan fingerprint density at radius 3 is 2.76 bits per heavy atom. The van der Waals surface area contributed by atoms with Crippen molar-refractivity contribution in [3.8, 4) is 27.9 Å². The number of pyridine rings is 1. The second-order valence-electron chi connectivity index (χ2n) is 5.47. The van der Waals surface area contributed by atoms with Gasteiger partial charge in [0.15, 0.2) is 0 Å². The lowest BCUT2D eigenvalue weighted by Gasteiger charge is -2.05.